The van der Waals surface area contributed by atoms with E-state index >= 15 is 0 Å². The minimum Gasteiger partial charge on any atom is -0.396 e. The third-order valence-electron chi connectivity index (χ3n) is 7.65. The summed E-state index contributed by atoms with van der Waals surface area (Å²) in [4.78, 5) is 31.8. The van der Waals surface area contributed by atoms with Crippen LogP contribution in [-0.2, 0) is 4.84 Å². The van der Waals surface area contributed by atoms with Gasteiger partial charge in [0.15, 0.2) is 0 Å². The first kappa shape index (κ1) is 25.8. The summed E-state index contributed by atoms with van der Waals surface area (Å²) in [5.74, 6) is 0.445. The van der Waals surface area contributed by atoms with Crippen molar-refractivity contribution in [2.24, 2.45) is 11.1 Å². The molecule has 3 heterocycles. The van der Waals surface area contributed by atoms with E-state index in [1.807, 2.05) is 25.7 Å². The zero-order chi connectivity index (χ0) is 25.0. The monoisotopic (exact) mass is 541 g/mol. The molecule has 4 rings (SSSR count). The molecule has 0 aliphatic carbocycles. The number of amides is 1. The number of carbonyl (C=O) groups is 1. The zero-order valence-corrected chi connectivity index (χ0v) is 22.8. The fourth-order valence-electron chi connectivity index (χ4n) is 5.38. The fourth-order valence-corrected chi connectivity index (χ4v) is 5.64. The summed E-state index contributed by atoms with van der Waals surface area (Å²) in [6, 6.07) is 8.35. The van der Waals surface area contributed by atoms with Crippen LogP contribution in [0.2, 0.25) is 0 Å². The predicted octanol–water partition coefficient (Wildman–Crippen LogP) is 5.00. The van der Waals surface area contributed by atoms with Crippen molar-refractivity contribution in [1.82, 2.24) is 19.8 Å². The molecule has 2 saturated heterocycles. The smallest absolute Gasteiger partial charge is 0.257 e. The van der Waals surface area contributed by atoms with Gasteiger partial charge >= 0.3 is 0 Å². The molecule has 1 aromatic carbocycles. The van der Waals surface area contributed by atoms with Crippen molar-refractivity contribution >= 4 is 27.5 Å². The zero-order valence-electron chi connectivity index (χ0n) is 21.3. The SMILES string of the molecule is CCO/N=C(\c1ccc(Br)cc1)C1CCN(C2(C)CCN(C(=O)c3c(C)ncnc3C)CC2)CC1. The van der Waals surface area contributed by atoms with Gasteiger partial charge in [-0.2, -0.15) is 0 Å². The number of rotatable bonds is 6. The highest BCUT2D eigenvalue weighted by atomic mass is 79.9. The van der Waals surface area contributed by atoms with E-state index in [0.29, 0.717) is 18.1 Å². The van der Waals surface area contributed by atoms with E-state index in [2.05, 4.69) is 67.1 Å². The number of hydrogen-bond acceptors (Lipinski definition) is 6. The summed E-state index contributed by atoms with van der Waals surface area (Å²) in [6.45, 7) is 12.3. The second kappa shape index (κ2) is 11.2. The second-order valence-corrected chi connectivity index (χ2v) is 10.8. The minimum absolute atomic E-state index is 0.0626. The number of halogens is 1. The van der Waals surface area contributed by atoms with Crippen molar-refractivity contribution in [3.63, 3.8) is 0 Å². The average Bonchev–Trinajstić information content (AvgIpc) is 2.86. The molecule has 2 aliphatic rings. The number of hydrogen-bond donors (Lipinski definition) is 0. The van der Waals surface area contributed by atoms with Crippen LogP contribution in [0.25, 0.3) is 0 Å². The number of benzene rings is 1. The standard InChI is InChI=1S/C27H36BrN5O2/c1-5-35-31-25(21-6-8-23(28)9-7-21)22-10-14-33(15-11-22)27(4)12-16-32(17-13-27)26(34)24-19(2)29-18-30-20(24)3/h6-9,18,22H,5,10-17H2,1-4H3/b31-25+. The molecule has 1 aromatic heterocycles. The molecule has 2 aliphatic heterocycles. The topological polar surface area (TPSA) is 70.9 Å². The number of nitrogens with zero attached hydrogens (tertiary/aromatic N) is 5. The maximum Gasteiger partial charge on any atom is 0.257 e. The summed E-state index contributed by atoms with van der Waals surface area (Å²) < 4.78 is 1.06. The first-order valence-electron chi connectivity index (χ1n) is 12.6. The van der Waals surface area contributed by atoms with Gasteiger partial charge < -0.3 is 9.74 Å². The Morgan fingerprint density at radius 2 is 1.69 bits per heavy atom. The molecule has 0 atom stereocenters. The van der Waals surface area contributed by atoms with Gasteiger partial charge in [0.1, 0.15) is 12.9 Å². The Kier molecular flexibility index (Phi) is 8.22. The van der Waals surface area contributed by atoms with Crippen LogP contribution in [0.1, 0.15) is 66.8 Å². The molecule has 2 fully saturated rings. The molecule has 35 heavy (non-hydrogen) atoms. The number of aromatic nitrogens is 2. The molecule has 8 heteroatoms. The van der Waals surface area contributed by atoms with Crippen LogP contribution < -0.4 is 0 Å². The maximum absolute atomic E-state index is 13.2. The van der Waals surface area contributed by atoms with Gasteiger partial charge in [-0.1, -0.05) is 33.2 Å². The normalized spacial score (nSPS) is 19.6. The molecule has 2 aromatic rings. The molecular formula is C27H36BrN5O2. The van der Waals surface area contributed by atoms with Gasteiger partial charge in [0.2, 0.25) is 0 Å². The Balaban J connectivity index is 1.38. The number of oxime groups is 1. The highest BCUT2D eigenvalue weighted by molar-refractivity contribution is 9.10. The molecule has 0 saturated carbocycles. The number of piperidine rings is 2. The largest absolute Gasteiger partial charge is 0.396 e. The van der Waals surface area contributed by atoms with Crippen LogP contribution in [0.3, 0.4) is 0 Å². The first-order valence-corrected chi connectivity index (χ1v) is 13.4. The highest BCUT2D eigenvalue weighted by Crippen LogP contribution is 2.34. The molecule has 0 radical (unpaired) electrons. The van der Waals surface area contributed by atoms with Gasteiger partial charge in [0.25, 0.3) is 5.91 Å². The summed E-state index contributed by atoms with van der Waals surface area (Å²) in [7, 11) is 0. The van der Waals surface area contributed by atoms with Crippen molar-refractivity contribution in [2.45, 2.75) is 58.9 Å². The van der Waals surface area contributed by atoms with E-state index < -0.39 is 0 Å². The van der Waals surface area contributed by atoms with Crippen LogP contribution >= 0.6 is 15.9 Å². The molecule has 1 amide bonds. The molecule has 188 valence electrons. The fraction of sp³-hybridized carbons (Fsp3) is 0.556. The minimum atomic E-state index is 0.0626. The van der Waals surface area contributed by atoms with Gasteiger partial charge in [-0.05, 0) is 84.2 Å². The third-order valence-corrected chi connectivity index (χ3v) is 8.17. The van der Waals surface area contributed by atoms with Crippen molar-refractivity contribution in [1.29, 1.82) is 0 Å². The predicted molar refractivity (Wildman–Crippen MR) is 142 cm³/mol. The molecule has 0 bridgehead atoms. The highest BCUT2D eigenvalue weighted by Gasteiger charge is 2.39. The molecule has 7 nitrogen and oxygen atoms in total. The van der Waals surface area contributed by atoms with Crippen molar-refractivity contribution in [3.05, 3.63) is 57.6 Å². The van der Waals surface area contributed by atoms with Gasteiger partial charge in [0.05, 0.1) is 22.7 Å². The Morgan fingerprint density at radius 3 is 2.26 bits per heavy atom. The summed E-state index contributed by atoms with van der Waals surface area (Å²) in [5, 5.41) is 4.52. The average molecular weight is 543 g/mol. The van der Waals surface area contributed by atoms with Crippen molar-refractivity contribution in [3.8, 4) is 0 Å². The van der Waals surface area contributed by atoms with E-state index in [1.54, 1.807) is 0 Å². The lowest BCUT2D eigenvalue weighted by Crippen LogP contribution is -2.56. The lowest BCUT2D eigenvalue weighted by molar-refractivity contribution is 0.0161. The van der Waals surface area contributed by atoms with Crippen LogP contribution in [-0.4, -0.2) is 69.7 Å². The van der Waals surface area contributed by atoms with Crippen LogP contribution in [0.5, 0.6) is 0 Å². The van der Waals surface area contributed by atoms with Crippen LogP contribution in [0, 0.1) is 19.8 Å². The number of aryl methyl sites for hydroxylation is 2. The van der Waals surface area contributed by atoms with Crippen molar-refractivity contribution < 1.29 is 9.63 Å². The van der Waals surface area contributed by atoms with Gasteiger partial charge in [-0.25, -0.2) is 9.97 Å². The lowest BCUT2D eigenvalue weighted by atomic mass is 9.82. The quantitative estimate of drug-likeness (QED) is 0.380. The maximum atomic E-state index is 13.2. The Hall–Kier alpha value is -2.32. The van der Waals surface area contributed by atoms with E-state index in [9.17, 15) is 4.79 Å². The van der Waals surface area contributed by atoms with Gasteiger partial charge in [-0.15, -0.1) is 0 Å². The van der Waals surface area contributed by atoms with E-state index in [-0.39, 0.29) is 11.4 Å². The van der Waals surface area contributed by atoms with Gasteiger partial charge in [-0.3, -0.25) is 9.69 Å². The Bertz CT molecular complexity index is 1040. The molecular weight excluding hydrogens is 506 g/mol. The lowest BCUT2D eigenvalue weighted by Gasteiger charge is -2.49. The second-order valence-electron chi connectivity index (χ2n) is 9.87. The summed E-state index contributed by atoms with van der Waals surface area (Å²) in [5.41, 5.74) is 4.47. The van der Waals surface area contributed by atoms with E-state index in [4.69, 9.17) is 4.84 Å². The first-order chi connectivity index (χ1) is 16.8. The number of likely N-dealkylation sites (tertiary alicyclic amines) is 2. The third kappa shape index (κ3) is 5.75. The van der Waals surface area contributed by atoms with E-state index in [0.717, 1.165) is 79.0 Å². The molecule has 0 spiro atoms. The van der Waals surface area contributed by atoms with Crippen molar-refractivity contribution in [2.75, 3.05) is 32.8 Å². The number of carbonyl (C=O) groups excluding carboxylic acids is 1. The van der Waals surface area contributed by atoms with Gasteiger partial charge in [0, 0.05) is 29.0 Å². The Labute approximate surface area is 217 Å². The Morgan fingerprint density at radius 1 is 1.09 bits per heavy atom. The summed E-state index contributed by atoms with van der Waals surface area (Å²) in [6.07, 6.45) is 5.59. The van der Waals surface area contributed by atoms with Crippen LogP contribution in [0.4, 0.5) is 0 Å². The molecule has 0 unspecified atom stereocenters. The van der Waals surface area contributed by atoms with E-state index in [1.165, 1.54) is 6.33 Å². The summed E-state index contributed by atoms with van der Waals surface area (Å²) >= 11 is 3.53. The van der Waals surface area contributed by atoms with Crippen LogP contribution in [0.15, 0.2) is 40.2 Å². The molecule has 0 N–H and O–H groups in total.